The van der Waals surface area contributed by atoms with Crippen LogP contribution in [0.25, 0.3) is 0 Å². The average Bonchev–Trinajstić information content (AvgIpc) is 2.47. The van der Waals surface area contributed by atoms with Gasteiger partial charge in [-0.05, 0) is 43.5 Å². The smallest absolute Gasteiger partial charge is 0.161 e. The lowest BCUT2D eigenvalue weighted by Gasteiger charge is -2.30. The molecule has 1 aromatic rings. The fourth-order valence-electron chi connectivity index (χ4n) is 2.65. The van der Waals surface area contributed by atoms with E-state index in [0.717, 1.165) is 31.8 Å². The Morgan fingerprint density at radius 2 is 2.25 bits per heavy atom. The van der Waals surface area contributed by atoms with Crippen molar-refractivity contribution in [3.8, 4) is 11.5 Å². The molecule has 1 heterocycles. The van der Waals surface area contributed by atoms with Gasteiger partial charge in [0.25, 0.3) is 0 Å². The standard InChI is InChI=1S/C16H23NO3/c1-13-4-3-7-17(11-13)8-9-20-15-6-5-14(12-18)10-16(15)19-2/h5-6,10,12-13H,3-4,7-9,11H2,1-2H3/t13-/m0/s1. The Bertz CT molecular complexity index is 447. The predicted molar refractivity (Wildman–Crippen MR) is 78.7 cm³/mol. The van der Waals surface area contributed by atoms with E-state index < -0.39 is 0 Å². The monoisotopic (exact) mass is 277 g/mol. The molecule has 0 aliphatic carbocycles. The Balaban J connectivity index is 1.85. The maximum atomic E-state index is 10.7. The zero-order valence-electron chi connectivity index (χ0n) is 12.3. The third-order valence-corrected chi connectivity index (χ3v) is 3.73. The molecule has 0 saturated carbocycles. The number of aldehydes is 1. The second-order valence-electron chi connectivity index (χ2n) is 5.42. The molecule has 1 aromatic carbocycles. The zero-order chi connectivity index (χ0) is 14.4. The minimum Gasteiger partial charge on any atom is -0.493 e. The molecule has 0 bridgehead atoms. The number of hydrogen-bond donors (Lipinski definition) is 0. The van der Waals surface area contributed by atoms with E-state index in [0.29, 0.717) is 23.7 Å². The van der Waals surface area contributed by atoms with Crippen LogP contribution in [0, 0.1) is 5.92 Å². The summed E-state index contributed by atoms with van der Waals surface area (Å²) in [5.74, 6) is 2.09. The molecule has 110 valence electrons. The van der Waals surface area contributed by atoms with Crippen molar-refractivity contribution in [1.29, 1.82) is 0 Å². The van der Waals surface area contributed by atoms with Gasteiger partial charge in [0, 0.05) is 18.7 Å². The molecule has 4 nitrogen and oxygen atoms in total. The second kappa shape index (κ2) is 7.29. The van der Waals surface area contributed by atoms with E-state index in [1.807, 2.05) is 0 Å². The SMILES string of the molecule is COc1cc(C=O)ccc1OCCN1CCC[C@H](C)C1. The summed E-state index contributed by atoms with van der Waals surface area (Å²) in [6.07, 6.45) is 3.41. The number of rotatable bonds is 6. The number of likely N-dealkylation sites (tertiary alicyclic amines) is 1. The summed E-state index contributed by atoms with van der Waals surface area (Å²) >= 11 is 0. The van der Waals surface area contributed by atoms with Gasteiger partial charge in [-0.3, -0.25) is 9.69 Å². The number of methoxy groups -OCH3 is 1. The summed E-state index contributed by atoms with van der Waals surface area (Å²) in [7, 11) is 1.59. The van der Waals surface area contributed by atoms with E-state index in [1.165, 1.54) is 12.8 Å². The van der Waals surface area contributed by atoms with E-state index in [9.17, 15) is 4.79 Å². The molecule has 0 unspecified atom stereocenters. The van der Waals surface area contributed by atoms with Crippen molar-refractivity contribution in [2.45, 2.75) is 19.8 Å². The highest BCUT2D eigenvalue weighted by molar-refractivity contribution is 5.76. The van der Waals surface area contributed by atoms with Crippen LogP contribution in [0.15, 0.2) is 18.2 Å². The Morgan fingerprint density at radius 1 is 1.40 bits per heavy atom. The van der Waals surface area contributed by atoms with Crippen molar-refractivity contribution in [3.05, 3.63) is 23.8 Å². The average molecular weight is 277 g/mol. The fourth-order valence-corrected chi connectivity index (χ4v) is 2.65. The van der Waals surface area contributed by atoms with Crippen LogP contribution < -0.4 is 9.47 Å². The molecular formula is C16H23NO3. The highest BCUT2D eigenvalue weighted by atomic mass is 16.5. The summed E-state index contributed by atoms with van der Waals surface area (Å²) in [5.41, 5.74) is 0.596. The minimum absolute atomic E-state index is 0.596. The maximum Gasteiger partial charge on any atom is 0.161 e. The van der Waals surface area contributed by atoms with Crippen LogP contribution in [0.3, 0.4) is 0 Å². The van der Waals surface area contributed by atoms with Crippen LogP contribution >= 0.6 is 0 Å². The van der Waals surface area contributed by atoms with Crippen molar-refractivity contribution >= 4 is 6.29 Å². The van der Waals surface area contributed by atoms with Gasteiger partial charge < -0.3 is 9.47 Å². The van der Waals surface area contributed by atoms with Crippen molar-refractivity contribution in [2.24, 2.45) is 5.92 Å². The van der Waals surface area contributed by atoms with Gasteiger partial charge in [0.15, 0.2) is 11.5 Å². The van der Waals surface area contributed by atoms with E-state index in [1.54, 1.807) is 25.3 Å². The van der Waals surface area contributed by atoms with Crippen molar-refractivity contribution in [3.63, 3.8) is 0 Å². The summed E-state index contributed by atoms with van der Waals surface area (Å²) in [6, 6.07) is 5.24. The van der Waals surface area contributed by atoms with Gasteiger partial charge >= 0.3 is 0 Å². The third-order valence-electron chi connectivity index (χ3n) is 3.73. The normalized spacial score (nSPS) is 19.6. The molecule has 2 rings (SSSR count). The quantitative estimate of drug-likeness (QED) is 0.749. The van der Waals surface area contributed by atoms with Crippen molar-refractivity contribution in [1.82, 2.24) is 4.90 Å². The van der Waals surface area contributed by atoms with E-state index in [-0.39, 0.29) is 0 Å². The molecule has 1 aliphatic heterocycles. The molecule has 1 atom stereocenters. The first kappa shape index (κ1) is 14.9. The third kappa shape index (κ3) is 3.97. The van der Waals surface area contributed by atoms with Crippen LogP contribution in [0.1, 0.15) is 30.1 Å². The van der Waals surface area contributed by atoms with Gasteiger partial charge in [0.1, 0.15) is 12.9 Å². The van der Waals surface area contributed by atoms with Gasteiger partial charge in [0.05, 0.1) is 7.11 Å². The lowest BCUT2D eigenvalue weighted by molar-refractivity contribution is 0.112. The summed E-state index contributed by atoms with van der Waals surface area (Å²) in [6.45, 7) is 6.19. The molecule has 0 aromatic heterocycles. The van der Waals surface area contributed by atoms with Gasteiger partial charge in [-0.2, -0.15) is 0 Å². The van der Waals surface area contributed by atoms with Crippen LogP contribution in [0.4, 0.5) is 0 Å². The Hall–Kier alpha value is -1.55. The largest absolute Gasteiger partial charge is 0.493 e. The molecule has 0 radical (unpaired) electrons. The number of benzene rings is 1. The van der Waals surface area contributed by atoms with Gasteiger partial charge in [-0.25, -0.2) is 0 Å². The number of piperidine rings is 1. The first-order valence-corrected chi connectivity index (χ1v) is 7.21. The van der Waals surface area contributed by atoms with Crippen LogP contribution in [0.5, 0.6) is 11.5 Å². The van der Waals surface area contributed by atoms with Crippen molar-refractivity contribution < 1.29 is 14.3 Å². The highest BCUT2D eigenvalue weighted by Gasteiger charge is 2.16. The maximum absolute atomic E-state index is 10.7. The number of ether oxygens (including phenoxy) is 2. The molecule has 4 heteroatoms. The fraction of sp³-hybridized carbons (Fsp3) is 0.562. The van der Waals surface area contributed by atoms with Crippen LogP contribution in [-0.4, -0.2) is 44.5 Å². The van der Waals surface area contributed by atoms with Crippen LogP contribution in [-0.2, 0) is 0 Å². The molecule has 0 spiro atoms. The van der Waals surface area contributed by atoms with Gasteiger partial charge in [0.2, 0.25) is 0 Å². The summed E-state index contributed by atoms with van der Waals surface area (Å²) < 4.78 is 11.0. The zero-order valence-corrected chi connectivity index (χ0v) is 12.3. The molecule has 1 saturated heterocycles. The minimum atomic E-state index is 0.596. The van der Waals surface area contributed by atoms with E-state index in [4.69, 9.17) is 9.47 Å². The topological polar surface area (TPSA) is 38.8 Å². The molecule has 0 amide bonds. The number of carbonyl (C=O) groups is 1. The molecule has 0 N–H and O–H groups in total. The van der Waals surface area contributed by atoms with Crippen LogP contribution in [0.2, 0.25) is 0 Å². The van der Waals surface area contributed by atoms with E-state index in [2.05, 4.69) is 11.8 Å². The molecule has 20 heavy (non-hydrogen) atoms. The van der Waals surface area contributed by atoms with Crippen molar-refractivity contribution in [2.75, 3.05) is 33.4 Å². The lowest BCUT2D eigenvalue weighted by Crippen LogP contribution is -2.37. The summed E-state index contributed by atoms with van der Waals surface area (Å²) in [5, 5.41) is 0. The highest BCUT2D eigenvalue weighted by Crippen LogP contribution is 2.27. The number of carbonyl (C=O) groups excluding carboxylic acids is 1. The first-order valence-electron chi connectivity index (χ1n) is 7.21. The Kier molecular flexibility index (Phi) is 5.41. The Labute approximate surface area is 120 Å². The lowest BCUT2D eigenvalue weighted by atomic mass is 10.0. The predicted octanol–water partition coefficient (Wildman–Crippen LogP) is 2.62. The number of nitrogens with zero attached hydrogens (tertiary/aromatic N) is 1. The van der Waals surface area contributed by atoms with Gasteiger partial charge in [-0.1, -0.05) is 6.92 Å². The Morgan fingerprint density at radius 3 is 2.95 bits per heavy atom. The molecule has 1 fully saturated rings. The van der Waals surface area contributed by atoms with Gasteiger partial charge in [-0.15, -0.1) is 0 Å². The second-order valence-corrected chi connectivity index (χ2v) is 5.42. The molecule has 1 aliphatic rings. The number of hydrogen-bond acceptors (Lipinski definition) is 4. The molecular weight excluding hydrogens is 254 g/mol. The van der Waals surface area contributed by atoms with E-state index >= 15 is 0 Å². The first-order chi connectivity index (χ1) is 9.72. The summed E-state index contributed by atoms with van der Waals surface area (Å²) in [4.78, 5) is 13.2.